The molecular formula is C19H23NO2. The van der Waals surface area contributed by atoms with Gasteiger partial charge in [-0.15, -0.1) is 0 Å². The molecule has 2 aromatic rings. The maximum atomic E-state index is 11.6. The molecule has 0 aliphatic heterocycles. The Kier molecular flexibility index (Phi) is 6.16. The van der Waals surface area contributed by atoms with Crippen molar-refractivity contribution in [2.24, 2.45) is 0 Å². The molecule has 0 fully saturated rings. The lowest BCUT2D eigenvalue weighted by molar-refractivity contribution is 0.0600. The Morgan fingerprint density at radius 1 is 1.00 bits per heavy atom. The van der Waals surface area contributed by atoms with Gasteiger partial charge in [-0.25, -0.2) is 4.79 Å². The van der Waals surface area contributed by atoms with Crippen LogP contribution in [0.2, 0.25) is 0 Å². The molecule has 0 saturated carbocycles. The standard InChI is InChI=1S/C19H23NO2/c1-3-12-20(14-16-8-5-4-6-9-16)15-17-10-7-11-18(13-17)19(21)22-2/h4-11,13H,3,12,14-15H2,1-2H3. The van der Waals surface area contributed by atoms with Crippen LogP contribution >= 0.6 is 0 Å². The van der Waals surface area contributed by atoms with E-state index in [1.165, 1.54) is 12.7 Å². The second kappa shape index (κ2) is 8.35. The summed E-state index contributed by atoms with van der Waals surface area (Å²) in [6, 6.07) is 18.1. The van der Waals surface area contributed by atoms with E-state index in [1.54, 1.807) is 6.07 Å². The van der Waals surface area contributed by atoms with Gasteiger partial charge in [0.2, 0.25) is 0 Å². The summed E-state index contributed by atoms with van der Waals surface area (Å²) in [6.45, 7) is 4.95. The van der Waals surface area contributed by atoms with Gasteiger partial charge in [-0.1, -0.05) is 49.4 Å². The number of carbonyl (C=O) groups excluding carboxylic acids is 1. The molecule has 0 unspecified atom stereocenters. The van der Waals surface area contributed by atoms with Crippen LogP contribution in [-0.4, -0.2) is 24.5 Å². The Balaban J connectivity index is 2.09. The topological polar surface area (TPSA) is 29.5 Å². The van der Waals surface area contributed by atoms with E-state index in [9.17, 15) is 4.79 Å². The van der Waals surface area contributed by atoms with Crippen LogP contribution in [0.25, 0.3) is 0 Å². The maximum Gasteiger partial charge on any atom is 0.337 e. The van der Waals surface area contributed by atoms with Crippen molar-refractivity contribution in [2.45, 2.75) is 26.4 Å². The first-order valence-electron chi connectivity index (χ1n) is 7.66. The van der Waals surface area contributed by atoms with Gasteiger partial charge in [-0.2, -0.15) is 0 Å². The Bertz CT molecular complexity index is 595. The zero-order valence-electron chi connectivity index (χ0n) is 13.3. The third-order valence-electron chi connectivity index (χ3n) is 3.54. The second-order valence-electron chi connectivity index (χ2n) is 5.39. The first kappa shape index (κ1) is 16.2. The van der Waals surface area contributed by atoms with E-state index < -0.39 is 0 Å². The number of hydrogen-bond acceptors (Lipinski definition) is 3. The number of rotatable bonds is 7. The second-order valence-corrected chi connectivity index (χ2v) is 5.39. The molecule has 2 rings (SSSR count). The summed E-state index contributed by atoms with van der Waals surface area (Å²) < 4.78 is 4.79. The highest BCUT2D eigenvalue weighted by molar-refractivity contribution is 5.89. The van der Waals surface area contributed by atoms with Gasteiger partial charge in [0.15, 0.2) is 0 Å². The highest BCUT2D eigenvalue weighted by Gasteiger charge is 2.09. The van der Waals surface area contributed by atoms with Crippen molar-refractivity contribution in [1.82, 2.24) is 4.90 Å². The SMILES string of the molecule is CCCN(Cc1ccccc1)Cc1cccc(C(=O)OC)c1. The van der Waals surface area contributed by atoms with E-state index in [4.69, 9.17) is 4.74 Å². The number of benzene rings is 2. The summed E-state index contributed by atoms with van der Waals surface area (Å²) in [6.07, 6.45) is 1.10. The van der Waals surface area contributed by atoms with Gasteiger partial charge >= 0.3 is 5.97 Å². The van der Waals surface area contributed by atoms with Crippen LogP contribution < -0.4 is 0 Å². The van der Waals surface area contributed by atoms with Crippen LogP contribution in [0.3, 0.4) is 0 Å². The Labute approximate surface area is 132 Å². The van der Waals surface area contributed by atoms with E-state index in [0.717, 1.165) is 31.6 Å². The molecular weight excluding hydrogens is 274 g/mol. The Morgan fingerprint density at radius 3 is 2.36 bits per heavy atom. The fourth-order valence-electron chi connectivity index (χ4n) is 2.54. The number of hydrogen-bond donors (Lipinski definition) is 0. The zero-order chi connectivity index (χ0) is 15.8. The van der Waals surface area contributed by atoms with Crippen LogP contribution in [0.1, 0.15) is 34.8 Å². The molecule has 0 atom stereocenters. The lowest BCUT2D eigenvalue weighted by Gasteiger charge is -2.22. The minimum absolute atomic E-state index is 0.285. The predicted molar refractivity (Wildman–Crippen MR) is 88.6 cm³/mol. The smallest absolute Gasteiger partial charge is 0.337 e. The van der Waals surface area contributed by atoms with Gasteiger partial charge in [-0.3, -0.25) is 4.90 Å². The summed E-state index contributed by atoms with van der Waals surface area (Å²) >= 11 is 0. The molecule has 3 heteroatoms. The number of carbonyl (C=O) groups is 1. The summed E-state index contributed by atoms with van der Waals surface area (Å²) in [5, 5.41) is 0. The van der Waals surface area contributed by atoms with Crippen molar-refractivity contribution in [3.8, 4) is 0 Å². The maximum absolute atomic E-state index is 11.6. The van der Waals surface area contributed by atoms with E-state index in [1.807, 2.05) is 18.2 Å². The summed E-state index contributed by atoms with van der Waals surface area (Å²) in [4.78, 5) is 14.0. The van der Waals surface area contributed by atoms with Gasteiger partial charge in [0.1, 0.15) is 0 Å². The fraction of sp³-hybridized carbons (Fsp3) is 0.316. The van der Waals surface area contributed by atoms with E-state index >= 15 is 0 Å². The third-order valence-corrected chi connectivity index (χ3v) is 3.54. The minimum atomic E-state index is -0.285. The lowest BCUT2D eigenvalue weighted by Crippen LogP contribution is -2.23. The van der Waals surface area contributed by atoms with Crippen molar-refractivity contribution in [2.75, 3.05) is 13.7 Å². The summed E-state index contributed by atoms with van der Waals surface area (Å²) in [7, 11) is 1.41. The molecule has 3 nitrogen and oxygen atoms in total. The molecule has 22 heavy (non-hydrogen) atoms. The van der Waals surface area contributed by atoms with Crippen molar-refractivity contribution in [1.29, 1.82) is 0 Å². The van der Waals surface area contributed by atoms with Crippen LogP contribution in [0.4, 0.5) is 0 Å². The Hall–Kier alpha value is -2.13. The highest BCUT2D eigenvalue weighted by Crippen LogP contribution is 2.13. The molecule has 2 aromatic carbocycles. The van der Waals surface area contributed by atoms with Gasteiger partial charge in [0.25, 0.3) is 0 Å². The van der Waals surface area contributed by atoms with Crippen LogP contribution in [0.15, 0.2) is 54.6 Å². The van der Waals surface area contributed by atoms with Gasteiger partial charge in [0, 0.05) is 13.1 Å². The molecule has 0 aliphatic carbocycles. The lowest BCUT2D eigenvalue weighted by atomic mass is 10.1. The summed E-state index contributed by atoms with van der Waals surface area (Å²) in [5.74, 6) is -0.285. The Morgan fingerprint density at radius 2 is 1.68 bits per heavy atom. The fourth-order valence-corrected chi connectivity index (χ4v) is 2.54. The molecule has 116 valence electrons. The van der Waals surface area contributed by atoms with E-state index in [-0.39, 0.29) is 5.97 Å². The monoisotopic (exact) mass is 297 g/mol. The van der Waals surface area contributed by atoms with Crippen LogP contribution in [-0.2, 0) is 17.8 Å². The molecule has 0 bridgehead atoms. The van der Waals surface area contributed by atoms with Gasteiger partial charge in [0.05, 0.1) is 12.7 Å². The number of nitrogens with zero attached hydrogens (tertiary/aromatic N) is 1. The van der Waals surface area contributed by atoms with Crippen LogP contribution in [0.5, 0.6) is 0 Å². The quantitative estimate of drug-likeness (QED) is 0.726. The average molecular weight is 297 g/mol. The predicted octanol–water partition coefficient (Wildman–Crippen LogP) is 3.89. The third kappa shape index (κ3) is 4.71. The van der Waals surface area contributed by atoms with E-state index in [0.29, 0.717) is 5.56 Å². The molecule has 0 spiro atoms. The minimum Gasteiger partial charge on any atom is -0.465 e. The normalized spacial score (nSPS) is 10.7. The zero-order valence-corrected chi connectivity index (χ0v) is 13.3. The van der Waals surface area contributed by atoms with Crippen LogP contribution in [0, 0.1) is 0 Å². The van der Waals surface area contributed by atoms with Gasteiger partial charge < -0.3 is 4.74 Å². The van der Waals surface area contributed by atoms with Crippen molar-refractivity contribution >= 4 is 5.97 Å². The number of methoxy groups -OCH3 is 1. The van der Waals surface area contributed by atoms with Crippen molar-refractivity contribution in [3.63, 3.8) is 0 Å². The first-order chi connectivity index (χ1) is 10.7. The number of esters is 1. The molecule has 0 heterocycles. The molecule has 0 radical (unpaired) electrons. The summed E-state index contributed by atoms with van der Waals surface area (Å²) in [5.41, 5.74) is 3.04. The molecule has 0 amide bonds. The average Bonchev–Trinajstić information content (AvgIpc) is 2.55. The largest absolute Gasteiger partial charge is 0.465 e. The molecule has 0 aliphatic rings. The highest BCUT2D eigenvalue weighted by atomic mass is 16.5. The molecule has 0 N–H and O–H groups in total. The van der Waals surface area contributed by atoms with Gasteiger partial charge in [-0.05, 0) is 36.2 Å². The molecule has 0 aromatic heterocycles. The van der Waals surface area contributed by atoms with E-state index in [2.05, 4.69) is 42.2 Å². The van der Waals surface area contributed by atoms with Crippen molar-refractivity contribution < 1.29 is 9.53 Å². The first-order valence-corrected chi connectivity index (χ1v) is 7.66. The van der Waals surface area contributed by atoms with Crippen molar-refractivity contribution in [3.05, 3.63) is 71.3 Å². The number of ether oxygens (including phenoxy) is 1. The molecule has 0 saturated heterocycles.